The van der Waals surface area contributed by atoms with E-state index >= 15 is 0 Å². The lowest BCUT2D eigenvalue weighted by Gasteiger charge is -2.29. The Bertz CT molecular complexity index is 529. The highest BCUT2D eigenvalue weighted by molar-refractivity contribution is 5.51. The van der Waals surface area contributed by atoms with Gasteiger partial charge in [0.15, 0.2) is 0 Å². The van der Waals surface area contributed by atoms with Crippen molar-refractivity contribution in [1.29, 1.82) is 0 Å². The first kappa shape index (κ1) is 14.6. The first-order valence-corrected chi connectivity index (χ1v) is 7.23. The Kier molecular flexibility index (Phi) is 3.59. The first-order valence-electron chi connectivity index (χ1n) is 7.23. The molecule has 3 unspecified atom stereocenters. The van der Waals surface area contributed by atoms with Crippen molar-refractivity contribution >= 4 is 5.69 Å². The summed E-state index contributed by atoms with van der Waals surface area (Å²) in [5.41, 5.74) is 5.42. The van der Waals surface area contributed by atoms with Crippen LogP contribution in [0.4, 0.5) is 23.2 Å². The number of alkyl halides is 3. The zero-order valence-corrected chi connectivity index (χ0v) is 11.5. The summed E-state index contributed by atoms with van der Waals surface area (Å²) >= 11 is 0. The second kappa shape index (κ2) is 5.16. The van der Waals surface area contributed by atoms with Crippen molar-refractivity contribution in [3.8, 4) is 0 Å². The maximum absolute atomic E-state index is 14.0. The molecule has 0 radical (unpaired) electrons. The summed E-state index contributed by atoms with van der Waals surface area (Å²) in [4.78, 5) is 1.84. The van der Waals surface area contributed by atoms with Gasteiger partial charge in [0.25, 0.3) is 0 Å². The quantitative estimate of drug-likeness (QED) is 0.806. The van der Waals surface area contributed by atoms with Crippen LogP contribution in [-0.2, 0) is 6.18 Å². The van der Waals surface area contributed by atoms with Crippen molar-refractivity contribution in [1.82, 2.24) is 0 Å². The molecule has 0 aromatic heterocycles. The molecule has 6 heteroatoms. The zero-order chi connectivity index (χ0) is 15.2. The average Bonchev–Trinajstić information content (AvgIpc) is 2.82. The maximum atomic E-state index is 14.0. The van der Waals surface area contributed by atoms with Crippen molar-refractivity contribution < 1.29 is 17.6 Å². The molecule has 1 saturated heterocycles. The first-order chi connectivity index (χ1) is 9.86. The molecule has 3 rings (SSSR count). The second-order valence-electron chi connectivity index (χ2n) is 6.09. The number of fused-ring (bicyclic) bond motifs is 1. The molecule has 116 valence electrons. The maximum Gasteiger partial charge on any atom is 0.416 e. The van der Waals surface area contributed by atoms with Gasteiger partial charge in [-0.05, 0) is 42.9 Å². The molecule has 21 heavy (non-hydrogen) atoms. The molecule has 0 bridgehead atoms. The van der Waals surface area contributed by atoms with Crippen LogP contribution in [0.2, 0.25) is 0 Å². The van der Waals surface area contributed by atoms with Crippen LogP contribution in [0.5, 0.6) is 0 Å². The molecule has 2 fully saturated rings. The van der Waals surface area contributed by atoms with E-state index in [1.807, 2.05) is 4.90 Å². The number of benzene rings is 1. The van der Waals surface area contributed by atoms with E-state index in [0.717, 1.165) is 25.3 Å². The van der Waals surface area contributed by atoms with Crippen LogP contribution in [0.25, 0.3) is 0 Å². The van der Waals surface area contributed by atoms with Gasteiger partial charge in [-0.15, -0.1) is 0 Å². The van der Waals surface area contributed by atoms with Gasteiger partial charge in [-0.25, -0.2) is 4.39 Å². The van der Waals surface area contributed by atoms with Gasteiger partial charge in [0.1, 0.15) is 5.82 Å². The van der Waals surface area contributed by atoms with Gasteiger partial charge in [0.05, 0.1) is 11.3 Å². The third-order valence-electron chi connectivity index (χ3n) is 4.77. The lowest BCUT2D eigenvalue weighted by atomic mass is 9.78. The Hall–Kier alpha value is -1.30. The van der Waals surface area contributed by atoms with Crippen LogP contribution in [0.15, 0.2) is 18.2 Å². The van der Waals surface area contributed by atoms with E-state index in [4.69, 9.17) is 5.73 Å². The van der Waals surface area contributed by atoms with Crippen LogP contribution in [0, 0.1) is 17.7 Å². The number of rotatable bonds is 1. The highest BCUT2D eigenvalue weighted by atomic mass is 19.4. The number of nitrogens with zero attached hydrogens (tertiary/aromatic N) is 1. The lowest BCUT2D eigenvalue weighted by molar-refractivity contribution is -0.137. The molecule has 3 atom stereocenters. The van der Waals surface area contributed by atoms with Crippen molar-refractivity contribution in [3.05, 3.63) is 29.6 Å². The molecule has 2 N–H and O–H groups in total. The molecule has 1 saturated carbocycles. The minimum absolute atomic E-state index is 0.117. The van der Waals surface area contributed by atoms with E-state index in [1.54, 1.807) is 0 Å². The van der Waals surface area contributed by atoms with Crippen LogP contribution in [0.3, 0.4) is 0 Å². The number of hydrogen-bond acceptors (Lipinski definition) is 2. The Morgan fingerprint density at radius 2 is 1.90 bits per heavy atom. The molecule has 0 spiro atoms. The van der Waals surface area contributed by atoms with Crippen molar-refractivity contribution in [2.75, 3.05) is 18.0 Å². The van der Waals surface area contributed by atoms with Crippen LogP contribution in [-0.4, -0.2) is 19.1 Å². The lowest BCUT2D eigenvalue weighted by Crippen LogP contribution is -2.38. The minimum atomic E-state index is -4.51. The standard InChI is InChI=1S/C15H18F4N2/c16-12-6-10(15(17,18)19)4-5-14(12)21-7-9-2-1-3-13(20)11(9)8-21/h4-6,9,11,13H,1-3,7-8,20H2. The van der Waals surface area contributed by atoms with Gasteiger partial charge in [-0.2, -0.15) is 13.2 Å². The van der Waals surface area contributed by atoms with Gasteiger partial charge in [0.2, 0.25) is 0 Å². The van der Waals surface area contributed by atoms with Crippen molar-refractivity contribution in [2.45, 2.75) is 31.5 Å². The SMILES string of the molecule is NC1CCCC2CN(c3ccc(C(F)(F)F)cc3F)CC12. The Morgan fingerprint density at radius 3 is 2.52 bits per heavy atom. The molecular formula is C15H18F4N2. The summed E-state index contributed by atoms with van der Waals surface area (Å²) < 4.78 is 51.8. The summed E-state index contributed by atoms with van der Waals surface area (Å²) in [6.45, 7) is 1.31. The molecular weight excluding hydrogens is 284 g/mol. The number of anilines is 1. The third-order valence-corrected chi connectivity index (χ3v) is 4.77. The normalized spacial score (nSPS) is 29.6. The smallest absolute Gasteiger partial charge is 0.369 e. The fourth-order valence-corrected chi connectivity index (χ4v) is 3.65. The van der Waals surface area contributed by atoms with Gasteiger partial charge in [-0.1, -0.05) is 6.42 Å². The predicted molar refractivity (Wildman–Crippen MR) is 72.4 cm³/mol. The molecule has 1 heterocycles. The van der Waals surface area contributed by atoms with E-state index < -0.39 is 17.6 Å². The molecule has 2 aliphatic rings. The summed E-state index contributed by atoms with van der Waals surface area (Å²) in [5.74, 6) is -0.0621. The monoisotopic (exact) mass is 302 g/mol. The molecule has 1 aromatic carbocycles. The van der Waals surface area contributed by atoms with Gasteiger partial charge >= 0.3 is 6.18 Å². The fourth-order valence-electron chi connectivity index (χ4n) is 3.65. The predicted octanol–water partition coefficient (Wildman–Crippen LogP) is 3.41. The number of nitrogens with two attached hydrogens (primary N) is 1. The van der Waals surface area contributed by atoms with E-state index in [2.05, 4.69) is 0 Å². The van der Waals surface area contributed by atoms with E-state index in [9.17, 15) is 17.6 Å². The third kappa shape index (κ3) is 2.73. The Morgan fingerprint density at radius 1 is 1.14 bits per heavy atom. The van der Waals surface area contributed by atoms with E-state index in [1.165, 1.54) is 6.07 Å². The largest absolute Gasteiger partial charge is 0.416 e. The summed E-state index contributed by atoms with van der Waals surface area (Å²) in [7, 11) is 0. The molecule has 1 aliphatic carbocycles. The van der Waals surface area contributed by atoms with Gasteiger partial charge in [0, 0.05) is 19.1 Å². The van der Waals surface area contributed by atoms with Crippen LogP contribution in [0.1, 0.15) is 24.8 Å². The topological polar surface area (TPSA) is 29.3 Å². The van der Waals surface area contributed by atoms with E-state index in [0.29, 0.717) is 31.0 Å². The van der Waals surface area contributed by atoms with Crippen molar-refractivity contribution in [2.24, 2.45) is 17.6 Å². The van der Waals surface area contributed by atoms with Crippen LogP contribution >= 0.6 is 0 Å². The van der Waals surface area contributed by atoms with E-state index in [-0.39, 0.29) is 11.7 Å². The van der Waals surface area contributed by atoms with Crippen molar-refractivity contribution in [3.63, 3.8) is 0 Å². The summed E-state index contributed by atoms with van der Waals surface area (Å²) in [6, 6.07) is 2.88. The molecule has 2 nitrogen and oxygen atoms in total. The average molecular weight is 302 g/mol. The Balaban J connectivity index is 1.82. The summed E-state index contributed by atoms with van der Waals surface area (Å²) in [5, 5.41) is 0. The highest BCUT2D eigenvalue weighted by Crippen LogP contribution is 2.39. The molecule has 1 aromatic rings. The molecule has 0 amide bonds. The van der Waals surface area contributed by atoms with Gasteiger partial charge < -0.3 is 10.6 Å². The van der Waals surface area contributed by atoms with Crippen LogP contribution < -0.4 is 10.6 Å². The molecule has 1 aliphatic heterocycles. The zero-order valence-electron chi connectivity index (χ0n) is 11.5. The highest BCUT2D eigenvalue weighted by Gasteiger charge is 2.40. The Labute approximate surface area is 120 Å². The fraction of sp³-hybridized carbons (Fsp3) is 0.600. The summed E-state index contributed by atoms with van der Waals surface area (Å²) in [6.07, 6.45) is -1.39. The number of halogens is 4. The second-order valence-corrected chi connectivity index (χ2v) is 6.09. The number of hydrogen-bond donors (Lipinski definition) is 1. The minimum Gasteiger partial charge on any atom is -0.369 e. The van der Waals surface area contributed by atoms with Gasteiger partial charge in [-0.3, -0.25) is 0 Å².